The number of amides is 1. The molecule has 0 bridgehead atoms. The summed E-state index contributed by atoms with van der Waals surface area (Å²) < 4.78 is 0. The highest BCUT2D eigenvalue weighted by Gasteiger charge is 2.40. The number of nitrogens with zero attached hydrogens (tertiary/aromatic N) is 4. The zero-order chi connectivity index (χ0) is 17.9. The first-order chi connectivity index (χ1) is 12.7. The normalized spacial score (nSPS) is 29.2. The van der Waals surface area contributed by atoms with Crippen LogP contribution in [0.1, 0.15) is 43.6 Å². The van der Waals surface area contributed by atoms with Crippen LogP contribution < -0.4 is 0 Å². The van der Waals surface area contributed by atoms with E-state index < -0.39 is 0 Å². The predicted octanol–water partition coefficient (Wildman–Crippen LogP) is 2.20. The monoisotopic (exact) mass is 356 g/mol. The molecule has 0 radical (unpaired) electrons. The van der Waals surface area contributed by atoms with Gasteiger partial charge in [0.2, 0.25) is 5.91 Å². The third-order valence-electron chi connectivity index (χ3n) is 6.64. The van der Waals surface area contributed by atoms with Crippen molar-refractivity contribution in [1.29, 1.82) is 0 Å². The highest BCUT2D eigenvalue weighted by atomic mass is 16.2. The molecule has 3 aliphatic rings. The van der Waals surface area contributed by atoms with E-state index in [2.05, 4.69) is 38.9 Å². The Bertz CT molecular complexity index is 593. The van der Waals surface area contributed by atoms with Crippen LogP contribution in [-0.2, 0) is 4.79 Å². The van der Waals surface area contributed by atoms with E-state index in [-0.39, 0.29) is 5.92 Å². The molecule has 26 heavy (non-hydrogen) atoms. The molecular weight excluding hydrogens is 324 g/mol. The van der Waals surface area contributed by atoms with E-state index in [0.717, 1.165) is 39.0 Å². The Morgan fingerprint density at radius 3 is 2.38 bits per heavy atom. The molecule has 3 aliphatic heterocycles. The maximum Gasteiger partial charge on any atom is 0.227 e. The molecule has 1 aromatic heterocycles. The molecule has 1 amide bonds. The molecule has 0 saturated carbocycles. The summed E-state index contributed by atoms with van der Waals surface area (Å²) in [5.41, 5.74) is 1.26. The number of piperidine rings is 2. The number of carbonyl (C=O) groups excluding carboxylic acids is 1. The lowest BCUT2D eigenvalue weighted by Crippen LogP contribution is -2.50. The van der Waals surface area contributed by atoms with Crippen LogP contribution in [0.4, 0.5) is 0 Å². The number of aromatic nitrogens is 1. The van der Waals surface area contributed by atoms with Crippen LogP contribution in [0.15, 0.2) is 24.5 Å². The summed E-state index contributed by atoms with van der Waals surface area (Å²) in [6.45, 7) is 6.22. The minimum absolute atomic E-state index is 0.0916. The Morgan fingerprint density at radius 1 is 1.00 bits per heavy atom. The molecule has 2 atom stereocenters. The number of pyridine rings is 1. The summed E-state index contributed by atoms with van der Waals surface area (Å²) >= 11 is 0. The maximum atomic E-state index is 13.3. The van der Waals surface area contributed by atoms with Gasteiger partial charge in [-0.3, -0.25) is 9.78 Å². The highest BCUT2D eigenvalue weighted by molar-refractivity contribution is 5.80. The second kappa shape index (κ2) is 8.05. The molecule has 142 valence electrons. The second-order valence-corrected chi connectivity index (χ2v) is 8.37. The van der Waals surface area contributed by atoms with Crippen LogP contribution in [0, 0.1) is 5.92 Å². The summed E-state index contributed by atoms with van der Waals surface area (Å²) in [5, 5.41) is 0. The number of rotatable bonds is 3. The van der Waals surface area contributed by atoms with Crippen LogP contribution in [0.5, 0.6) is 0 Å². The van der Waals surface area contributed by atoms with Crippen molar-refractivity contribution in [2.45, 2.75) is 44.1 Å². The van der Waals surface area contributed by atoms with E-state index in [1.54, 1.807) is 0 Å². The summed E-state index contributed by atoms with van der Waals surface area (Å²) in [6.07, 6.45) is 10.1. The minimum atomic E-state index is 0.0916. The van der Waals surface area contributed by atoms with Crippen LogP contribution in [0.25, 0.3) is 0 Å². The molecule has 0 aromatic carbocycles. The molecule has 4 heterocycles. The van der Waals surface area contributed by atoms with Crippen molar-refractivity contribution in [3.8, 4) is 0 Å². The number of hydrogen-bond donors (Lipinski definition) is 0. The third-order valence-corrected chi connectivity index (χ3v) is 6.64. The van der Waals surface area contributed by atoms with Gasteiger partial charge in [-0.05, 0) is 63.5 Å². The van der Waals surface area contributed by atoms with E-state index in [4.69, 9.17) is 0 Å². The Labute approximate surface area is 157 Å². The lowest BCUT2D eigenvalue weighted by molar-refractivity contribution is -0.137. The van der Waals surface area contributed by atoms with Gasteiger partial charge in [0.05, 0.1) is 5.92 Å². The summed E-state index contributed by atoms with van der Waals surface area (Å²) in [5.74, 6) is 0.762. The largest absolute Gasteiger partial charge is 0.342 e. The van der Waals surface area contributed by atoms with Gasteiger partial charge in [-0.1, -0.05) is 6.42 Å². The maximum absolute atomic E-state index is 13.3. The van der Waals surface area contributed by atoms with E-state index >= 15 is 0 Å². The predicted molar refractivity (Wildman–Crippen MR) is 103 cm³/mol. The highest BCUT2D eigenvalue weighted by Crippen LogP contribution is 2.34. The van der Waals surface area contributed by atoms with Crippen molar-refractivity contribution in [2.24, 2.45) is 5.92 Å². The summed E-state index contributed by atoms with van der Waals surface area (Å²) in [6, 6.07) is 4.85. The van der Waals surface area contributed by atoms with Gasteiger partial charge in [-0.2, -0.15) is 0 Å². The fraction of sp³-hybridized carbons (Fsp3) is 0.714. The Kier molecular flexibility index (Phi) is 5.55. The molecule has 0 N–H and O–H groups in total. The topological polar surface area (TPSA) is 39.7 Å². The minimum Gasteiger partial charge on any atom is -0.342 e. The van der Waals surface area contributed by atoms with Crippen LogP contribution >= 0.6 is 0 Å². The number of hydrogen-bond acceptors (Lipinski definition) is 4. The van der Waals surface area contributed by atoms with E-state index in [1.807, 2.05) is 12.4 Å². The smallest absolute Gasteiger partial charge is 0.227 e. The molecule has 3 fully saturated rings. The number of likely N-dealkylation sites (tertiary alicyclic amines) is 3. The molecule has 1 aromatic rings. The van der Waals surface area contributed by atoms with Gasteiger partial charge in [0.15, 0.2) is 0 Å². The first-order valence-corrected chi connectivity index (χ1v) is 10.3. The van der Waals surface area contributed by atoms with Crippen LogP contribution in [0.2, 0.25) is 0 Å². The molecular formula is C21H32N4O. The Hall–Kier alpha value is -1.46. The number of carbonyl (C=O) groups is 1. The molecule has 4 rings (SSSR count). The summed E-state index contributed by atoms with van der Waals surface area (Å²) in [4.78, 5) is 24.5. The van der Waals surface area contributed by atoms with Crippen molar-refractivity contribution < 1.29 is 4.79 Å². The van der Waals surface area contributed by atoms with Crippen LogP contribution in [0.3, 0.4) is 0 Å². The molecule has 0 spiro atoms. The van der Waals surface area contributed by atoms with Crippen molar-refractivity contribution in [3.05, 3.63) is 30.1 Å². The van der Waals surface area contributed by atoms with E-state index in [1.165, 1.54) is 37.9 Å². The SMILES string of the molecule is CN1C[C@@H](C(=O)N2CCC(N3CCCCC3)CC2)[C@H](c2ccncc2)C1. The molecule has 5 nitrogen and oxygen atoms in total. The first kappa shape index (κ1) is 17.9. The molecule has 0 aliphatic carbocycles. The van der Waals surface area contributed by atoms with Gasteiger partial charge in [-0.15, -0.1) is 0 Å². The first-order valence-electron chi connectivity index (χ1n) is 10.3. The lowest BCUT2D eigenvalue weighted by Gasteiger charge is -2.41. The standard InChI is InChI=1S/C21H32N4O/c1-23-15-19(17-5-9-22-10-6-17)20(16-23)21(26)25-13-7-18(8-14-25)24-11-3-2-4-12-24/h5-6,9-10,18-20H,2-4,7-8,11-16H2,1H3/t19-,20+/m0/s1. The molecule has 3 saturated heterocycles. The fourth-order valence-electron chi connectivity index (χ4n) is 5.17. The van der Waals surface area contributed by atoms with Gasteiger partial charge in [0.1, 0.15) is 0 Å². The zero-order valence-electron chi connectivity index (χ0n) is 16.0. The average Bonchev–Trinajstić information content (AvgIpc) is 3.11. The van der Waals surface area contributed by atoms with E-state index in [0.29, 0.717) is 17.9 Å². The van der Waals surface area contributed by atoms with Crippen molar-refractivity contribution in [1.82, 2.24) is 19.7 Å². The lowest BCUT2D eigenvalue weighted by atomic mass is 9.88. The second-order valence-electron chi connectivity index (χ2n) is 8.37. The fourth-order valence-corrected chi connectivity index (χ4v) is 5.17. The Balaban J connectivity index is 1.38. The Morgan fingerprint density at radius 2 is 1.69 bits per heavy atom. The van der Waals surface area contributed by atoms with Gasteiger partial charge in [-0.25, -0.2) is 0 Å². The quantitative estimate of drug-likeness (QED) is 0.832. The zero-order valence-corrected chi connectivity index (χ0v) is 16.0. The molecule has 0 unspecified atom stereocenters. The summed E-state index contributed by atoms with van der Waals surface area (Å²) in [7, 11) is 2.13. The van der Waals surface area contributed by atoms with E-state index in [9.17, 15) is 4.79 Å². The van der Waals surface area contributed by atoms with Gasteiger partial charge in [0, 0.05) is 50.5 Å². The van der Waals surface area contributed by atoms with Gasteiger partial charge >= 0.3 is 0 Å². The van der Waals surface area contributed by atoms with Crippen molar-refractivity contribution in [3.63, 3.8) is 0 Å². The number of likely N-dealkylation sites (N-methyl/N-ethyl adjacent to an activating group) is 1. The van der Waals surface area contributed by atoms with Crippen molar-refractivity contribution in [2.75, 3.05) is 46.3 Å². The van der Waals surface area contributed by atoms with Gasteiger partial charge in [0.25, 0.3) is 0 Å². The van der Waals surface area contributed by atoms with Crippen LogP contribution in [-0.4, -0.2) is 77.9 Å². The molecule has 5 heteroatoms. The average molecular weight is 357 g/mol. The van der Waals surface area contributed by atoms with Crippen molar-refractivity contribution >= 4 is 5.91 Å². The third kappa shape index (κ3) is 3.79. The van der Waals surface area contributed by atoms with Gasteiger partial charge < -0.3 is 14.7 Å².